The predicted molar refractivity (Wildman–Crippen MR) is 67.5 cm³/mol. The van der Waals surface area contributed by atoms with E-state index in [4.69, 9.17) is 5.11 Å². The third-order valence-corrected chi connectivity index (χ3v) is 2.80. The number of thioether (sulfide) groups is 1. The number of hydrogen-bond acceptors (Lipinski definition) is 3. The molecule has 17 heavy (non-hydrogen) atoms. The van der Waals surface area contributed by atoms with Crippen molar-refractivity contribution >= 4 is 29.4 Å². The zero-order valence-corrected chi connectivity index (χ0v) is 10.5. The molecule has 0 saturated carbocycles. The molecule has 0 aliphatic rings. The Morgan fingerprint density at radius 2 is 1.94 bits per heavy atom. The standard InChI is InChI=1S/C11H14N2O3S/c1-13(7-10(14)15)11(16)12-8-3-5-9(17-2)6-4-8/h3-6H,7H2,1-2H3,(H,12,16)(H,14,15). The first kappa shape index (κ1) is 13.4. The van der Waals surface area contributed by atoms with Crippen LogP contribution in [0.5, 0.6) is 0 Å². The van der Waals surface area contributed by atoms with Gasteiger partial charge in [0.1, 0.15) is 6.54 Å². The highest BCUT2D eigenvalue weighted by Gasteiger charge is 2.11. The van der Waals surface area contributed by atoms with Crippen LogP contribution in [0, 0.1) is 0 Å². The Bertz CT molecular complexity index is 406. The van der Waals surface area contributed by atoms with Crippen molar-refractivity contribution in [3.05, 3.63) is 24.3 Å². The molecule has 0 aliphatic heterocycles. The molecule has 6 heteroatoms. The first-order valence-corrected chi connectivity index (χ1v) is 6.13. The number of carbonyl (C=O) groups excluding carboxylic acids is 1. The number of benzene rings is 1. The van der Waals surface area contributed by atoms with Gasteiger partial charge in [-0.3, -0.25) is 4.79 Å². The van der Waals surface area contributed by atoms with Crippen LogP contribution in [0.25, 0.3) is 0 Å². The van der Waals surface area contributed by atoms with Crippen molar-refractivity contribution < 1.29 is 14.7 Å². The number of nitrogens with one attached hydrogen (secondary N) is 1. The Morgan fingerprint density at radius 1 is 1.35 bits per heavy atom. The van der Waals surface area contributed by atoms with Gasteiger partial charge in [0.2, 0.25) is 0 Å². The van der Waals surface area contributed by atoms with Crippen LogP contribution in [0.3, 0.4) is 0 Å². The molecule has 0 fully saturated rings. The van der Waals surface area contributed by atoms with Crippen LogP contribution < -0.4 is 5.32 Å². The van der Waals surface area contributed by atoms with Gasteiger partial charge in [-0.1, -0.05) is 0 Å². The first-order chi connectivity index (χ1) is 8.02. The van der Waals surface area contributed by atoms with Gasteiger partial charge in [-0.2, -0.15) is 0 Å². The SMILES string of the molecule is CSc1ccc(NC(=O)N(C)CC(=O)O)cc1. The van der Waals surface area contributed by atoms with E-state index in [1.807, 2.05) is 18.4 Å². The molecule has 0 aliphatic carbocycles. The van der Waals surface area contributed by atoms with Gasteiger partial charge in [-0.05, 0) is 30.5 Å². The molecule has 5 nitrogen and oxygen atoms in total. The molecule has 0 atom stereocenters. The highest BCUT2D eigenvalue weighted by atomic mass is 32.2. The summed E-state index contributed by atoms with van der Waals surface area (Å²) >= 11 is 1.61. The topological polar surface area (TPSA) is 69.6 Å². The zero-order valence-electron chi connectivity index (χ0n) is 9.64. The van der Waals surface area contributed by atoms with Crippen LogP contribution >= 0.6 is 11.8 Å². The second kappa shape index (κ2) is 6.15. The van der Waals surface area contributed by atoms with Crippen molar-refractivity contribution in [1.82, 2.24) is 4.90 Å². The van der Waals surface area contributed by atoms with E-state index >= 15 is 0 Å². The Hall–Kier alpha value is -1.69. The summed E-state index contributed by atoms with van der Waals surface area (Å²) in [6.45, 7) is -0.325. The first-order valence-electron chi connectivity index (χ1n) is 4.91. The lowest BCUT2D eigenvalue weighted by Crippen LogP contribution is -2.35. The average Bonchev–Trinajstić information content (AvgIpc) is 2.29. The molecule has 92 valence electrons. The third kappa shape index (κ3) is 4.36. The Labute approximate surface area is 104 Å². The number of rotatable bonds is 4. The van der Waals surface area contributed by atoms with E-state index < -0.39 is 12.0 Å². The molecule has 1 aromatic rings. The predicted octanol–water partition coefficient (Wildman–Crippen LogP) is 1.96. The fraction of sp³-hybridized carbons (Fsp3) is 0.273. The van der Waals surface area contributed by atoms with Gasteiger partial charge in [0.05, 0.1) is 0 Å². The third-order valence-electron chi connectivity index (χ3n) is 2.06. The summed E-state index contributed by atoms with van der Waals surface area (Å²) in [5.74, 6) is -1.04. The quantitative estimate of drug-likeness (QED) is 0.806. The van der Waals surface area contributed by atoms with E-state index in [-0.39, 0.29) is 6.54 Å². The van der Waals surface area contributed by atoms with Gasteiger partial charge in [-0.25, -0.2) is 4.79 Å². The van der Waals surface area contributed by atoms with Crippen molar-refractivity contribution in [3.63, 3.8) is 0 Å². The van der Waals surface area contributed by atoms with Gasteiger partial charge >= 0.3 is 12.0 Å². The number of aliphatic carboxylic acids is 1. The molecule has 1 rings (SSSR count). The molecular formula is C11H14N2O3S. The largest absolute Gasteiger partial charge is 0.480 e. The van der Waals surface area contributed by atoms with E-state index in [2.05, 4.69) is 5.32 Å². The van der Waals surface area contributed by atoms with Crippen LogP contribution in [0.2, 0.25) is 0 Å². The van der Waals surface area contributed by atoms with Gasteiger partial charge in [-0.15, -0.1) is 11.8 Å². The van der Waals surface area contributed by atoms with Crippen molar-refractivity contribution in [3.8, 4) is 0 Å². The number of likely N-dealkylation sites (N-methyl/N-ethyl adjacent to an activating group) is 1. The molecule has 0 bridgehead atoms. The monoisotopic (exact) mass is 254 g/mol. The Morgan fingerprint density at radius 3 is 2.41 bits per heavy atom. The lowest BCUT2D eigenvalue weighted by molar-refractivity contribution is -0.137. The van der Waals surface area contributed by atoms with E-state index in [0.29, 0.717) is 5.69 Å². The second-order valence-corrected chi connectivity index (χ2v) is 4.29. The maximum absolute atomic E-state index is 11.5. The summed E-state index contributed by atoms with van der Waals surface area (Å²) in [6, 6.07) is 6.88. The van der Waals surface area contributed by atoms with Crippen molar-refractivity contribution in [2.24, 2.45) is 0 Å². The minimum Gasteiger partial charge on any atom is -0.480 e. The number of nitrogens with zero attached hydrogens (tertiary/aromatic N) is 1. The molecule has 2 amide bonds. The maximum Gasteiger partial charge on any atom is 0.323 e. The molecule has 0 unspecified atom stereocenters. The molecule has 0 saturated heterocycles. The number of carbonyl (C=O) groups is 2. The summed E-state index contributed by atoms with van der Waals surface area (Å²) < 4.78 is 0. The van der Waals surface area contributed by atoms with Crippen LogP contribution in [-0.4, -0.2) is 41.9 Å². The number of anilines is 1. The van der Waals surface area contributed by atoms with Crippen molar-refractivity contribution in [2.45, 2.75) is 4.90 Å². The number of urea groups is 1. The smallest absolute Gasteiger partial charge is 0.323 e. The molecule has 2 N–H and O–H groups in total. The van der Waals surface area contributed by atoms with Crippen LogP contribution in [0.15, 0.2) is 29.2 Å². The van der Waals surface area contributed by atoms with Gasteiger partial charge in [0, 0.05) is 17.6 Å². The molecule has 0 heterocycles. The summed E-state index contributed by atoms with van der Waals surface area (Å²) in [7, 11) is 1.43. The highest BCUT2D eigenvalue weighted by molar-refractivity contribution is 7.98. The lowest BCUT2D eigenvalue weighted by Gasteiger charge is -2.15. The summed E-state index contributed by atoms with van der Waals surface area (Å²) in [4.78, 5) is 24.2. The number of amides is 2. The molecule has 1 aromatic carbocycles. The molecule has 0 spiro atoms. The maximum atomic E-state index is 11.5. The van der Waals surface area contributed by atoms with Crippen LogP contribution in [-0.2, 0) is 4.79 Å². The minimum absolute atomic E-state index is 0.325. The van der Waals surface area contributed by atoms with Crippen molar-refractivity contribution in [2.75, 3.05) is 25.2 Å². The number of carboxylic acids is 1. The van der Waals surface area contributed by atoms with E-state index in [9.17, 15) is 9.59 Å². The normalized spacial score (nSPS) is 9.76. The van der Waals surface area contributed by atoms with Gasteiger partial charge < -0.3 is 15.3 Å². The molecule has 0 radical (unpaired) electrons. The number of hydrogen-bond donors (Lipinski definition) is 2. The van der Waals surface area contributed by atoms with Gasteiger partial charge in [0.15, 0.2) is 0 Å². The lowest BCUT2D eigenvalue weighted by atomic mass is 10.3. The van der Waals surface area contributed by atoms with Crippen LogP contribution in [0.1, 0.15) is 0 Å². The van der Waals surface area contributed by atoms with Crippen LogP contribution in [0.4, 0.5) is 10.5 Å². The second-order valence-electron chi connectivity index (χ2n) is 3.41. The minimum atomic E-state index is -1.04. The Balaban J connectivity index is 2.58. The summed E-state index contributed by atoms with van der Waals surface area (Å²) in [5, 5.41) is 11.2. The molecular weight excluding hydrogens is 240 g/mol. The van der Waals surface area contributed by atoms with E-state index in [1.54, 1.807) is 23.9 Å². The number of carboxylic acid groups (broad SMARTS) is 1. The summed E-state index contributed by atoms with van der Waals surface area (Å²) in [5.41, 5.74) is 0.644. The average molecular weight is 254 g/mol. The summed E-state index contributed by atoms with van der Waals surface area (Å²) in [6.07, 6.45) is 1.97. The fourth-order valence-electron chi connectivity index (χ4n) is 1.17. The van der Waals surface area contributed by atoms with E-state index in [1.165, 1.54) is 7.05 Å². The highest BCUT2D eigenvalue weighted by Crippen LogP contribution is 2.17. The Kier molecular flexibility index (Phi) is 4.84. The van der Waals surface area contributed by atoms with Gasteiger partial charge in [0.25, 0.3) is 0 Å². The zero-order chi connectivity index (χ0) is 12.8. The molecule has 0 aromatic heterocycles. The van der Waals surface area contributed by atoms with Crippen molar-refractivity contribution in [1.29, 1.82) is 0 Å². The fourth-order valence-corrected chi connectivity index (χ4v) is 1.58. The van der Waals surface area contributed by atoms with E-state index in [0.717, 1.165) is 9.80 Å².